The van der Waals surface area contributed by atoms with Crippen molar-refractivity contribution in [2.24, 2.45) is 0 Å². The molecule has 0 aliphatic carbocycles. The van der Waals surface area contributed by atoms with Crippen molar-refractivity contribution in [3.8, 4) is 0 Å². The number of carbonyl (C=O) groups excluding carboxylic acids is 2. The Bertz CT molecular complexity index is 568. The summed E-state index contributed by atoms with van der Waals surface area (Å²) >= 11 is 5.75. The first-order chi connectivity index (χ1) is 9.47. The topological polar surface area (TPSA) is 113 Å². The Hall–Kier alpha value is -2.19. The van der Waals surface area contributed by atoms with Crippen LogP contribution in [0.1, 0.15) is 0 Å². The second-order valence-corrected chi connectivity index (χ2v) is 4.56. The van der Waals surface area contributed by atoms with Gasteiger partial charge in [-0.05, 0) is 12.1 Å². The lowest BCUT2D eigenvalue weighted by molar-refractivity contribution is -0.384. The van der Waals surface area contributed by atoms with Crippen LogP contribution >= 0.6 is 11.6 Å². The fourth-order valence-corrected chi connectivity index (χ4v) is 1.96. The molecule has 1 saturated heterocycles. The summed E-state index contributed by atoms with van der Waals surface area (Å²) < 4.78 is 0. The molecule has 9 heteroatoms. The molecule has 1 atom stereocenters. The van der Waals surface area contributed by atoms with Gasteiger partial charge < -0.3 is 10.6 Å². The minimum atomic E-state index is -0.605. The fraction of sp³-hybridized carbons (Fsp3) is 0.273. The van der Waals surface area contributed by atoms with E-state index in [-0.39, 0.29) is 35.6 Å². The monoisotopic (exact) mass is 298 g/mol. The average molecular weight is 299 g/mol. The van der Waals surface area contributed by atoms with E-state index in [4.69, 9.17) is 11.6 Å². The molecule has 8 nitrogen and oxygen atoms in total. The molecule has 0 radical (unpaired) electrons. The minimum absolute atomic E-state index is 0.0577. The van der Waals surface area contributed by atoms with E-state index in [1.165, 1.54) is 18.2 Å². The maximum Gasteiger partial charge on any atom is 0.288 e. The zero-order valence-electron chi connectivity index (χ0n) is 10.2. The lowest BCUT2D eigenvalue weighted by Gasteiger charge is -2.23. The first kappa shape index (κ1) is 14.2. The number of carbonyl (C=O) groups is 2. The van der Waals surface area contributed by atoms with Gasteiger partial charge in [-0.1, -0.05) is 11.6 Å². The van der Waals surface area contributed by atoms with Crippen LogP contribution in [0.15, 0.2) is 18.2 Å². The van der Waals surface area contributed by atoms with Gasteiger partial charge in [-0.2, -0.15) is 0 Å². The van der Waals surface area contributed by atoms with Crippen molar-refractivity contribution in [2.75, 3.05) is 18.4 Å². The van der Waals surface area contributed by atoms with Crippen molar-refractivity contribution in [3.63, 3.8) is 0 Å². The molecule has 2 rings (SSSR count). The number of amides is 2. The molecule has 1 fully saturated rings. The third-order valence-electron chi connectivity index (χ3n) is 2.74. The standard InChI is InChI=1S/C11H11ClN4O4/c12-7-3-6(1-2-9(7)16(19)20)15-11(18)8-4-14-10(17)5-13-8/h1-3,8,13H,4-5H2,(H,14,17)(H,15,18). The number of hydrogen-bond donors (Lipinski definition) is 3. The molecule has 1 aromatic carbocycles. The van der Waals surface area contributed by atoms with Crippen LogP contribution in [0.4, 0.5) is 11.4 Å². The normalized spacial score (nSPS) is 18.2. The van der Waals surface area contributed by atoms with Crippen molar-refractivity contribution in [3.05, 3.63) is 33.3 Å². The van der Waals surface area contributed by atoms with Crippen LogP contribution in [0.25, 0.3) is 0 Å². The predicted octanol–water partition coefficient (Wildman–Crippen LogP) is 0.275. The summed E-state index contributed by atoms with van der Waals surface area (Å²) in [5, 5.41) is 18.5. The summed E-state index contributed by atoms with van der Waals surface area (Å²) in [6.07, 6.45) is 0. The molecule has 1 aliphatic heterocycles. The van der Waals surface area contributed by atoms with Crippen LogP contribution in [0.5, 0.6) is 0 Å². The zero-order valence-corrected chi connectivity index (χ0v) is 10.9. The Morgan fingerprint density at radius 2 is 2.25 bits per heavy atom. The maximum atomic E-state index is 11.9. The molecular formula is C11H11ClN4O4. The van der Waals surface area contributed by atoms with Gasteiger partial charge in [0, 0.05) is 18.3 Å². The molecule has 1 aliphatic rings. The van der Waals surface area contributed by atoms with E-state index >= 15 is 0 Å². The number of rotatable bonds is 3. The molecular weight excluding hydrogens is 288 g/mol. The Morgan fingerprint density at radius 1 is 1.50 bits per heavy atom. The highest BCUT2D eigenvalue weighted by Gasteiger charge is 2.24. The average Bonchev–Trinajstić information content (AvgIpc) is 2.39. The zero-order chi connectivity index (χ0) is 14.7. The molecule has 1 heterocycles. The van der Waals surface area contributed by atoms with Gasteiger partial charge >= 0.3 is 0 Å². The Kier molecular flexibility index (Phi) is 4.16. The molecule has 0 saturated carbocycles. The van der Waals surface area contributed by atoms with Gasteiger partial charge in [0.25, 0.3) is 5.69 Å². The number of nitro benzene ring substituents is 1. The van der Waals surface area contributed by atoms with Crippen LogP contribution in [0.3, 0.4) is 0 Å². The van der Waals surface area contributed by atoms with Gasteiger partial charge in [-0.15, -0.1) is 0 Å². The van der Waals surface area contributed by atoms with Crippen LogP contribution in [-0.2, 0) is 9.59 Å². The quantitative estimate of drug-likeness (QED) is 0.548. The predicted molar refractivity (Wildman–Crippen MR) is 71.5 cm³/mol. The summed E-state index contributed by atoms with van der Waals surface area (Å²) in [6.45, 7) is 0.254. The molecule has 1 unspecified atom stereocenters. The molecule has 2 amide bonds. The van der Waals surface area contributed by atoms with Gasteiger partial charge in [0.1, 0.15) is 11.1 Å². The lowest BCUT2D eigenvalue weighted by atomic mass is 10.2. The summed E-state index contributed by atoms with van der Waals surface area (Å²) in [5.41, 5.74) is 0.122. The highest BCUT2D eigenvalue weighted by atomic mass is 35.5. The number of anilines is 1. The van der Waals surface area contributed by atoms with Gasteiger partial charge in [0.2, 0.25) is 11.8 Å². The Labute approximate surface area is 118 Å². The van der Waals surface area contributed by atoms with Crippen LogP contribution in [0, 0.1) is 10.1 Å². The van der Waals surface area contributed by atoms with Crippen molar-refractivity contribution < 1.29 is 14.5 Å². The van der Waals surface area contributed by atoms with E-state index < -0.39 is 11.0 Å². The first-order valence-electron chi connectivity index (χ1n) is 5.72. The van der Waals surface area contributed by atoms with E-state index in [1.807, 2.05) is 0 Å². The number of halogens is 1. The van der Waals surface area contributed by atoms with E-state index in [0.717, 1.165) is 0 Å². The minimum Gasteiger partial charge on any atom is -0.353 e. The van der Waals surface area contributed by atoms with E-state index in [9.17, 15) is 19.7 Å². The SMILES string of the molecule is O=C1CNC(C(=O)Nc2ccc([N+](=O)[O-])c(Cl)c2)CN1. The summed E-state index contributed by atoms with van der Waals surface area (Å²) in [7, 11) is 0. The second kappa shape index (κ2) is 5.85. The number of nitrogens with zero attached hydrogens (tertiary/aromatic N) is 1. The van der Waals surface area contributed by atoms with Gasteiger partial charge in [0.15, 0.2) is 0 Å². The van der Waals surface area contributed by atoms with E-state index in [2.05, 4.69) is 16.0 Å². The Balaban J connectivity index is 2.03. The molecule has 1 aromatic rings. The summed E-state index contributed by atoms with van der Waals surface area (Å²) in [5.74, 6) is -0.526. The molecule has 106 valence electrons. The number of benzene rings is 1. The van der Waals surface area contributed by atoms with Crippen LogP contribution < -0.4 is 16.0 Å². The molecule has 20 heavy (non-hydrogen) atoms. The molecule has 0 bridgehead atoms. The largest absolute Gasteiger partial charge is 0.353 e. The lowest BCUT2D eigenvalue weighted by Crippen LogP contribution is -2.56. The third kappa shape index (κ3) is 3.22. The van der Waals surface area contributed by atoms with Gasteiger partial charge in [-0.3, -0.25) is 25.0 Å². The maximum absolute atomic E-state index is 11.9. The second-order valence-electron chi connectivity index (χ2n) is 4.15. The van der Waals surface area contributed by atoms with Crippen molar-refractivity contribution in [1.82, 2.24) is 10.6 Å². The Morgan fingerprint density at radius 3 is 2.80 bits per heavy atom. The first-order valence-corrected chi connectivity index (χ1v) is 6.10. The van der Waals surface area contributed by atoms with Crippen molar-refractivity contribution in [2.45, 2.75) is 6.04 Å². The van der Waals surface area contributed by atoms with Crippen LogP contribution in [-0.4, -0.2) is 35.9 Å². The van der Waals surface area contributed by atoms with Crippen molar-refractivity contribution in [1.29, 1.82) is 0 Å². The van der Waals surface area contributed by atoms with Gasteiger partial charge in [0.05, 0.1) is 11.5 Å². The third-order valence-corrected chi connectivity index (χ3v) is 3.04. The number of nitro groups is 1. The highest BCUT2D eigenvalue weighted by Crippen LogP contribution is 2.27. The fourth-order valence-electron chi connectivity index (χ4n) is 1.71. The smallest absolute Gasteiger partial charge is 0.288 e. The van der Waals surface area contributed by atoms with E-state index in [1.54, 1.807) is 0 Å². The number of hydrogen-bond acceptors (Lipinski definition) is 5. The van der Waals surface area contributed by atoms with Crippen LogP contribution in [0.2, 0.25) is 5.02 Å². The number of nitrogens with one attached hydrogen (secondary N) is 3. The highest BCUT2D eigenvalue weighted by molar-refractivity contribution is 6.33. The van der Waals surface area contributed by atoms with Gasteiger partial charge in [-0.25, -0.2) is 0 Å². The number of piperazine rings is 1. The molecule has 0 aromatic heterocycles. The summed E-state index contributed by atoms with van der Waals surface area (Å²) in [4.78, 5) is 32.9. The molecule has 0 spiro atoms. The molecule has 3 N–H and O–H groups in total. The van der Waals surface area contributed by atoms with E-state index in [0.29, 0.717) is 5.69 Å². The van der Waals surface area contributed by atoms with Crippen molar-refractivity contribution >= 4 is 34.8 Å². The summed E-state index contributed by atoms with van der Waals surface area (Å²) in [6, 6.07) is 3.36.